The summed E-state index contributed by atoms with van der Waals surface area (Å²) >= 11 is 8.23. The van der Waals surface area contributed by atoms with Gasteiger partial charge in [0.25, 0.3) is 5.88 Å². The normalized spacial score (nSPS) is 9.95. The molecule has 0 aliphatic rings. The number of hydrogen-bond acceptors (Lipinski definition) is 4. The smallest absolute Gasteiger partial charge is 0.258 e. The van der Waals surface area contributed by atoms with Crippen LogP contribution in [0.25, 0.3) is 0 Å². The molecule has 7 heteroatoms. The van der Waals surface area contributed by atoms with Crippen molar-refractivity contribution in [2.45, 2.75) is 6.61 Å². The highest BCUT2D eigenvalue weighted by molar-refractivity contribution is 9.10. The van der Waals surface area contributed by atoms with Gasteiger partial charge in [0.05, 0.1) is 0 Å². The van der Waals surface area contributed by atoms with E-state index in [2.05, 4.69) is 31.2 Å². The maximum atomic E-state index is 5.62. The molecule has 1 aromatic heterocycles. The van der Waals surface area contributed by atoms with Gasteiger partial charge in [-0.3, -0.25) is 0 Å². The maximum Gasteiger partial charge on any atom is 0.258 e. The molecule has 0 amide bonds. The molecule has 3 N–H and O–H groups in total. The Balaban J connectivity index is 2.11. The molecule has 0 radical (unpaired) electrons. The van der Waals surface area contributed by atoms with E-state index in [1.165, 1.54) is 6.20 Å². The first kappa shape index (κ1) is 13.7. The zero-order valence-corrected chi connectivity index (χ0v) is 12.2. The van der Waals surface area contributed by atoms with Gasteiger partial charge in [-0.2, -0.15) is 0 Å². The van der Waals surface area contributed by atoms with Crippen LogP contribution < -0.4 is 15.8 Å². The number of anilines is 1. The van der Waals surface area contributed by atoms with Crippen molar-refractivity contribution in [2.24, 2.45) is 5.73 Å². The second-order valence-electron chi connectivity index (χ2n) is 3.58. The third-order valence-electron chi connectivity index (χ3n) is 2.23. The van der Waals surface area contributed by atoms with Crippen molar-refractivity contribution in [1.29, 1.82) is 0 Å². The number of benzene rings is 1. The summed E-state index contributed by atoms with van der Waals surface area (Å²) in [6.07, 6.45) is 3.08. The summed E-state index contributed by atoms with van der Waals surface area (Å²) in [5, 5.41) is 2.84. The largest absolute Gasteiger partial charge is 0.470 e. The van der Waals surface area contributed by atoms with Crippen molar-refractivity contribution in [2.75, 3.05) is 5.32 Å². The predicted molar refractivity (Wildman–Crippen MR) is 80.9 cm³/mol. The molecule has 0 unspecified atom stereocenters. The fourth-order valence-corrected chi connectivity index (χ4v) is 1.89. The first-order chi connectivity index (χ1) is 9.16. The number of halogens is 1. The molecular weight excluding hydrogens is 328 g/mol. The number of rotatable bonds is 4. The lowest BCUT2D eigenvalue weighted by molar-refractivity contribution is 0.294. The van der Waals surface area contributed by atoms with E-state index in [1.807, 2.05) is 24.3 Å². The van der Waals surface area contributed by atoms with Crippen LogP contribution in [0.5, 0.6) is 5.88 Å². The standard InChI is InChI=1S/C12H11BrN4OS/c13-9-4-2-1-3-8(9)7-18-11-10(17-12(14)19)15-5-6-16-11/h1-6H,7H2,(H3,14,15,17,19). The molecule has 1 heterocycles. The molecule has 2 aromatic rings. The van der Waals surface area contributed by atoms with E-state index in [0.717, 1.165) is 10.0 Å². The molecule has 0 saturated carbocycles. The highest BCUT2D eigenvalue weighted by Gasteiger charge is 2.08. The molecule has 1 aromatic carbocycles. The molecular formula is C12H11BrN4OS. The van der Waals surface area contributed by atoms with Crippen molar-refractivity contribution in [3.8, 4) is 5.88 Å². The van der Waals surface area contributed by atoms with Crippen LogP contribution in [0.2, 0.25) is 0 Å². The fourth-order valence-electron chi connectivity index (χ4n) is 1.39. The van der Waals surface area contributed by atoms with Gasteiger partial charge < -0.3 is 15.8 Å². The molecule has 0 fully saturated rings. The Hall–Kier alpha value is -1.73. The van der Waals surface area contributed by atoms with E-state index >= 15 is 0 Å². The van der Waals surface area contributed by atoms with Crippen LogP contribution in [0, 0.1) is 0 Å². The maximum absolute atomic E-state index is 5.62. The molecule has 2 rings (SSSR count). The van der Waals surface area contributed by atoms with Gasteiger partial charge in [-0.05, 0) is 18.3 Å². The number of thiocarbonyl (C=S) groups is 1. The molecule has 0 spiro atoms. The molecule has 19 heavy (non-hydrogen) atoms. The minimum absolute atomic E-state index is 0.117. The van der Waals surface area contributed by atoms with Gasteiger partial charge in [0.15, 0.2) is 10.9 Å². The second-order valence-corrected chi connectivity index (χ2v) is 4.87. The summed E-state index contributed by atoms with van der Waals surface area (Å²) in [6, 6.07) is 7.79. The summed E-state index contributed by atoms with van der Waals surface area (Å²) in [4.78, 5) is 8.17. The summed E-state index contributed by atoms with van der Waals surface area (Å²) in [6.45, 7) is 0.367. The second kappa shape index (κ2) is 6.44. The van der Waals surface area contributed by atoms with Gasteiger partial charge >= 0.3 is 0 Å². The number of nitrogens with one attached hydrogen (secondary N) is 1. The monoisotopic (exact) mass is 338 g/mol. The van der Waals surface area contributed by atoms with E-state index < -0.39 is 0 Å². The Labute approximate surface area is 124 Å². The lowest BCUT2D eigenvalue weighted by Gasteiger charge is -2.10. The SMILES string of the molecule is NC(=S)Nc1nccnc1OCc1ccccc1Br. The highest BCUT2D eigenvalue weighted by atomic mass is 79.9. The number of hydrogen-bond donors (Lipinski definition) is 2. The zero-order chi connectivity index (χ0) is 13.7. The Morgan fingerprint density at radius 2 is 2.05 bits per heavy atom. The molecule has 0 atom stereocenters. The molecule has 0 aliphatic heterocycles. The number of nitrogens with two attached hydrogens (primary N) is 1. The summed E-state index contributed by atoms with van der Waals surface area (Å²) < 4.78 is 6.60. The van der Waals surface area contributed by atoms with Crippen molar-refractivity contribution < 1.29 is 4.74 Å². The third-order valence-corrected chi connectivity index (χ3v) is 3.10. The molecule has 0 aliphatic carbocycles. The average Bonchev–Trinajstić information content (AvgIpc) is 2.39. The molecule has 0 saturated heterocycles. The van der Waals surface area contributed by atoms with Crippen LogP contribution in [-0.2, 0) is 6.61 Å². The molecule has 5 nitrogen and oxygen atoms in total. The van der Waals surface area contributed by atoms with Crippen molar-refractivity contribution in [1.82, 2.24) is 9.97 Å². The van der Waals surface area contributed by atoms with Crippen LogP contribution in [-0.4, -0.2) is 15.1 Å². The van der Waals surface area contributed by atoms with Crippen molar-refractivity contribution in [3.05, 3.63) is 46.7 Å². The molecule has 0 bridgehead atoms. The first-order valence-electron chi connectivity index (χ1n) is 5.40. The van der Waals surface area contributed by atoms with E-state index in [1.54, 1.807) is 6.20 Å². The van der Waals surface area contributed by atoms with Crippen LogP contribution >= 0.6 is 28.1 Å². The fraction of sp³-hybridized carbons (Fsp3) is 0.0833. The summed E-state index contributed by atoms with van der Waals surface area (Å²) in [5.41, 5.74) is 6.42. The van der Waals surface area contributed by atoms with Gasteiger partial charge in [-0.15, -0.1) is 0 Å². The zero-order valence-electron chi connectivity index (χ0n) is 9.84. The summed E-state index contributed by atoms with van der Waals surface area (Å²) in [5.74, 6) is 0.758. The van der Waals surface area contributed by atoms with Gasteiger partial charge in [0.1, 0.15) is 6.61 Å². The first-order valence-corrected chi connectivity index (χ1v) is 6.60. The van der Waals surface area contributed by atoms with E-state index in [9.17, 15) is 0 Å². The number of nitrogens with zero attached hydrogens (tertiary/aromatic N) is 2. The van der Waals surface area contributed by atoms with Gasteiger partial charge in [-0.1, -0.05) is 34.1 Å². The Bertz CT molecular complexity index is 593. The van der Waals surface area contributed by atoms with Crippen LogP contribution in [0.3, 0.4) is 0 Å². The predicted octanol–water partition coefficient (Wildman–Crippen LogP) is 2.47. The van der Waals surface area contributed by atoms with Crippen LogP contribution in [0.15, 0.2) is 41.1 Å². The lowest BCUT2D eigenvalue weighted by atomic mass is 10.2. The quantitative estimate of drug-likeness (QED) is 0.834. The van der Waals surface area contributed by atoms with E-state index in [-0.39, 0.29) is 5.11 Å². The van der Waals surface area contributed by atoms with Gasteiger partial charge in [0, 0.05) is 22.4 Å². The van der Waals surface area contributed by atoms with Crippen molar-refractivity contribution in [3.63, 3.8) is 0 Å². The van der Waals surface area contributed by atoms with E-state index in [4.69, 9.17) is 22.7 Å². The highest BCUT2D eigenvalue weighted by Crippen LogP contribution is 2.21. The summed E-state index contributed by atoms with van der Waals surface area (Å²) in [7, 11) is 0. The average molecular weight is 339 g/mol. The van der Waals surface area contributed by atoms with Crippen LogP contribution in [0.1, 0.15) is 5.56 Å². The third kappa shape index (κ3) is 3.87. The van der Waals surface area contributed by atoms with Gasteiger partial charge in [0.2, 0.25) is 0 Å². The van der Waals surface area contributed by atoms with Crippen molar-refractivity contribution >= 4 is 39.1 Å². The Kier molecular flexibility index (Phi) is 4.64. The Morgan fingerprint density at radius 1 is 1.32 bits per heavy atom. The minimum atomic E-state index is 0.117. The molecule has 98 valence electrons. The lowest BCUT2D eigenvalue weighted by Crippen LogP contribution is -2.20. The number of ether oxygens (including phenoxy) is 1. The Morgan fingerprint density at radius 3 is 2.79 bits per heavy atom. The van der Waals surface area contributed by atoms with E-state index in [0.29, 0.717) is 18.3 Å². The van der Waals surface area contributed by atoms with Gasteiger partial charge in [-0.25, -0.2) is 9.97 Å². The topological polar surface area (TPSA) is 73.1 Å². The van der Waals surface area contributed by atoms with Crippen LogP contribution in [0.4, 0.5) is 5.82 Å². The number of aromatic nitrogens is 2. The minimum Gasteiger partial charge on any atom is -0.470 e.